The number of benzene rings is 2. The topological polar surface area (TPSA) is 33.6 Å². The van der Waals surface area contributed by atoms with E-state index in [1.54, 1.807) is 7.05 Å². The summed E-state index contributed by atoms with van der Waals surface area (Å²) in [5, 5.41) is 3.27. The summed E-state index contributed by atoms with van der Waals surface area (Å²) in [6, 6.07) is 6.89. The van der Waals surface area contributed by atoms with Crippen molar-refractivity contribution in [3.8, 4) is 11.5 Å². The first-order valence-corrected chi connectivity index (χ1v) is 7.40. The van der Waals surface area contributed by atoms with Crippen molar-refractivity contribution in [2.45, 2.75) is 27.2 Å². The van der Waals surface area contributed by atoms with Crippen LogP contribution in [0, 0.1) is 25.5 Å². The van der Waals surface area contributed by atoms with Crippen LogP contribution in [0.15, 0.2) is 35.3 Å². The van der Waals surface area contributed by atoms with Crippen molar-refractivity contribution in [3.05, 3.63) is 53.1 Å². The number of hydrogen-bond acceptors (Lipinski definition) is 2. The first-order valence-electron chi connectivity index (χ1n) is 7.40. The summed E-state index contributed by atoms with van der Waals surface area (Å²) in [5.74, 6) is 0.242. The molecule has 0 saturated heterocycles. The van der Waals surface area contributed by atoms with Gasteiger partial charge < -0.3 is 10.1 Å². The molecule has 5 heteroatoms. The lowest BCUT2D eigenvalue weighted by Gasteiger charge is -2.15. The number of ether oxygens (including phenoxy) is 1. The van der Waals surface area contributed by atoms with Gasteiger partial charge in [-0.15, -0.1) is 0 Å². The predicted molar refractivity (Wildman–Crippen MR) is 89.6 cm³/mol. The van der Waals surface area contributed by atoms with Gasteiger partial charge in [0.25, 0.3) is 0 Å². The summed E-state index contributed by atoms with van der Waals surface area (Å²) in [7, 11) is 1.74. The monoisotopic (exact) mass is 318 g/mol. The Kier molecular flexibility index (Phi) is 5.32. The summed E-state index contributed by atoms with van der Waals surface area (Å²) < 4.78 is 32.1. The number of nitrogens with zero attached hydrogens (tertiary/aromatic N) is 1. The SMILES string of the molecule is CCC(=NC)Nc1cc(C)c(Oc2cc(F)cc(F)c2)cc1C. The van der Waals surface area contributed by atoms with Crippen LogP contribution in [0.3, 0.4) is 0 Å². The van der Waals surface area contributed by atoms with Crippen molar-refractivity contribution in [1.82, 2.24) is 0 Å². The molecule has 0 aliphatic rings. The molecule has 0 amide bonds. The average molecular weight is 318 g/mol. The molecule has 23 heavy (non-hydrogen) atoms. The average Bonchev–Trinajstić information content (AvgIpc) is 2.48. The standard InChI is InChI=1S/C18H20F2N2O/c1-5-18(21-4)22-16-6-12(3)17(7-11(16)2)23-15-9-13(19)8-14(20)10-15/h6-10H,5H2,1-4H3,(H,21,22). The number of aryl methyl sites for hydroxylation is 2. The Hall–Kier alpha value is -2.43. The molecule has 0 unspecified atom stereocenters. The van der Waals surface area contributed by atoms with Gasteiger partial charge in [-0.3, -0.25) is 4.99 Å². The van der Waals surface area contributed by atoms with Gasteiger partial charge in [0.1, 0.15) is 29.0 Å². The molecule has 2 rings (SSSR count). The van der Waals surface area contributed by atoms with E-state index in [0.717, 1.165) is 47.3 Å². The van der Waals surface area contributed by atoms with Gasteiger partial charge in [-0.25, -0.2) is 8.78 Å². The number of hydrogen-bond donors (Lipinski definition) is 1. The number of anilines is 1. The van der Waals surface area contributed by atoms with Crippen LogP contribution in [-0.2, 0) is 0 Å². The molecule has 0 spiro atoms. The molecule has 2 aromatic rings. The minimum Gasteiger partial charge on any atom is -0.457 e. The van der Waals surface area contributed by atoms with Crippen molar-refractivity contribution in [2.75, 3.05) is 12.4 Å². The Bertz CT molecular complexity index is 722. The molecule has 2 aromatic carbocycles. The number of aliphatic imine (C=N–C) groups is 1. The highest BCUT2D eigenvalue weighted by Gasteiger charge is 2.09. The van der Waals surface area contributed by atoms with Crippen LogP contribution in [0.25, 0.3) is 0 Å². The lowest BCUT2D eigenvalue weighted by molar-refractivity contribution is 0.465. The maximum atomic E-state index is 13.3. The minimum atomic E-state index is -0.667. The fourth-order valence-electron chi connectivity index (χ4n) is 2.21. The van der Waals surface area contributed by atoms with Crippen molar-refractivity contribution >= 4 is 11.5 Å². The second kappa shape index (κ2) is 7.22. The van der Waals surface area contributed by atoms with Gasteiger partial charge in [0.05, 0.1) is 0 Å². The van der Waals surface area contributed by atoms with Gasteiger partial charge in [-0.1, -0.05) is 6.92 Å². The van der Waals surface area contributed by atoms with Gasteiger partial charge in [-0.05, 0) is 37.1 Å². The van der Waals surface area contributed by atoms with Gasteiger partial charge in [-0.2, -0.15) is 0 Å². The highest BCUT2D eigenvalue weighted by atomic mass is 19.1. The van der Waals surface area contributed by atoms with Gasteiger partial charge in [0.2, 0.25) is 0 Å². The third kappa shape index (κ3) is 4.28. The number of nitrogens with one attached hydrogen (secondary N) is 1. The third-order valence-corrected chi connectivity index (χ3v) is 3.47. The number of halogens is 2. The van der Waals surface area contributed by atoms with Crippen molar-refractivity contribution in [2.24, 2.45) is 4.99 Å². The van der Waals surface area contributed by atoms with Crippen molar-refractivity contribution in [1.29, 1.82) is 0 Å². The van der Waals surface area contributed by atoms with Crippen molar-refractivity contribution < 1.29 is 13.5 Å². The Balaban J connectivity index is 2.29. The molecule has 0 heterocycles. The minimum absolute atomic E-state index is 0.134. The van der Waals surface area contributed by atoms with Crippen LogP contribution in [-0.4, -0.2) is 12.9 Å². The zero-order valence-corrected chi connectivity index (χ0v) is 13.7. The first kappa shape index (κ1) is 16.9. The Morgan fingerprint density at radius 1 is 1.04 bits per heavy atom. The van der Waals surface area contributed by atoms with Crippen molar-refractivity contribution in [3.63, 3.8) is 0 Å². The van der Waals surface area contributed by atoms with Gasteiger partial charge in [0, 0.05) is 37.4 Å². The van der Waals surface area contributed by atoms with E-state index in [2.05, 4.69) is 10.3 Å². The van der Waals surface area contributed by atoms with E-state index in [4.69, 9.17) is 4.74 Å². The molecule has 0 atom stereocenters. The van der Waals surface area contributed by atoms with Crippen LogP contribution >= 0.6 is 0 Å². The van der Waals surface area contributed by atoms with E-state index >= 15 is 0 Å². The highest BCUT2D eigenvalue weighted by Crippen LogP contribution is 2.31. The Morgan fingerprint density at radius 3 is 2.26 bits per heavy atom. The second-order valence-electron chi connectivity index (χ2n) is 5.29. The summed E-state index contributed by atoms with van der Waals surface area (Å²) in [5.41, 5.74) is 2.74. The van der Waals surface area contributed by atoms with Gasteiger partial charge in [0.15, 0.2) is 0 Å². The van der Waals surface area contributed by atoms with E-state index < -0.39 is 11.6 Å². The molecular weight excluding hydrogens is 298 g/mol. The van der Waals surface area contributed by atoms with E-state index in [1.807, 2.05) is 32.9 Å². The molecular formula is C18H20F2N2O. The third-order valence-electron chi connectivity index (χ3n) is 3.47. The summed E-state index contributed by atoms with van der Waals surface area (Å²) in [6.45, 7) is 5.83. The van der Waals surface area contributed by atoms with Gasteiger partial charge >= 0.3 is 0 Å². The largest absolute Gasteiger partial charge is 0.457 e. The van der Waals surface area contributed by atoms with E-state index in [9.17, 15) is 8.78 Å². The fraction of sp³-hybridized carbons (Fsp3) is 0.278. The quantitative estimate of drug-likeness (QED) is 0.619. The number of rotatable bonds is 4. The zero-order chi connectivity index (χ0) is 17.0. The van der Waals surface area contributed by atoms with E-state index in [-0.39, 0.29) is 5.75 Å². The smallest absolute Gasteiger partial charge is 0.133 e. The maximum absolute atomic E-state index is 13.3. The molecule has 0 aliphatic carbocycles. The van der Waals surface area contributed by atoms with Crippen LogP contribution in [0.1, 0.15) is 24.5 Å². The molecule has 0 bridgehead atoms. The molecule has 0 aromatic heterocycles. The summed E-state index contributed by atoms with van der Waals surface area (Å²) >= 11 is 0. The van der Waals surface area contributed by atoms with Crippen LogP contribution in [0.2, 0.25) is 0 Å². The number of amidine groups is 1. The first-order chi connectivity index (χ1) is 10.9. The van der Waals surface area contributed by atoms with E-state index in [0.29, 0.717) is 5.75 Å². The lowest BCUT2D eigenvalue weighted by Crippen LogP contribution is -2.11. The van der Waals surface area contributed by atoms with Crippen LogP contribution in [0.4, 0.5) is 14.5 Å². The molecule has 0 radical (unpaired) electrons. The Labute approximate surface area is 135 Å². The predicted octanol–water partition coefficient (Wildman–Crippen LogP) is 5.22. The Morgan fingerprint density at radius 2 is 1.70 bits per heavy atom. The fourth-order valence-corrected chi connectivity index (χ4v) is 2.21. The zero-order valence-electron chi connectivity index (χ0n) is 13.7. The summed E-state index contributed by atoms with van der Waals surface area (Å²) in [4.78, 5) is 4.17. The lowest BCUT2D eigenvalue weighted by atomic mass is 10.1. The van der Waals surface area contributed by atoms with E-state index in [1.165, 1.54) is 0 Å². The molecule has 0 fully saturated rings. The second-order valence-corrected chi connectivity index (χ2v) is 5.29. The van der Waals surface area contributed by atoms with Crippen LogP contribution < -0.4 is 10.1 Å². The maximum Gasteiger partial charge on any atom is 0.133 e. The molecule has 122 valence electrons. The van der Waals surface area contributed by atoms with Crippen LogP contribution in [0.5, 0.6) is 11.5 Å². The highest BCUT2D eigenvalue weighted by molar-refractivity contribution is 5.96. The molecule has 3 nitrogen and oxygen atoms in total. The normalized spacial score (nSPS) is 11.5. The molecule has 0 saturated carbocycles. The molecule has 0 aliphatic heterocycles. The molecule has 1 N–H and O–H groups in total. The summed E-state index contributed by atoms with van der Waals surface area (Å²) in [6.07, 6.45) is 0.801.